The molecule has 2 rings (SSSR count). The second kappa shape index (κ2) is 9.65. The lowest BCUT2D eigenvalue weighted by atomic mass is 9.94. The first-order valence-corrected chi connectivity index (χ1v) is 8.45. The lowest BCUT2D eigenvalue weighted by Crippen LogP contribution is -2.50. The molecular formula is C16H32ClN3O. The van der Waals surface area contributed by atoms with E-state index in [4.69, 9.17) is 5.73 Å². The second-order valence-electron chi connectivity index (χ2n) is 6.50. The number of rotatable bonds is 4. The third-order valence-electron chi connectivity index (χ3n) is 4.95. The Labute approximate surface area is 135 Å². The molecule has 124 valence electrons. The predicted octanol–water partition coefficient (Wildman–Crippen LogP) is 2.26. The molecule has 2 atom stereocenters. The molecule has 2 unspecified atom stereocenters. The first kappa shape index (κ1) is 18.7. The van der Waals surface area contributed by atoms with E-state index in [0.717, 1.165) is 39.1 Å². The zero-order chi connectivity index (χ0) is 14.4. The number of amides is 1. The van der Waals surface area contributed by atoms with Crippen LogP contribution in [0.15, 0.2) is 0 Å². The zero-order valence-electron chi connectivity index (χ0n) is 13.4. The summed E-state index contributed by atoms with van der Waals surface area (Å²) in [5.41, 5.74) is 5.68. The molecule has 2 aliphatic rings. The highest BCUT2D eigenvalue weighted by Crippen LogP contribution is 2.22. The predicted molar refractivity (Wildman–Crippen MR) is 89.7 cm³/mol. The number of nitrogens with two attached hydrogens (primary N) is 1. The van der Waals surface area contributed by atoms with E-state index in [2.05, 4.69) is 16.7 Å². The van der Waals surface area contributed by atoms with Gasteiger partial charge in [-0.2, -0.15) is 0 Å². The zero-order valence-corrected chi connectivity index (χ0v) is 14.2. The van der Waals surface area contributed by atoms with Gasteiger partial charge in [-0.15, -0.1) is 12.4 Å². The van der Waals surface area contributed by atoms with Gasteiger partial charge in [0.1, 0.15) is 0 Å². The highest BCUT2D eigenvalue weighted by atomic mass is 35.5. The van der Waals surface area contributed by atoms with Gasteiger partial charge in [-0.3, -0.25) is 9.69 Å². The summed E-state index contributed by atoms with van der Waals surface area (Å²) in [7, 11) is 0. The first-order valence-electron chi connectivity index (χ1n) is 8.45. The van der Waals surface area contributed by atoms with Crippen LogP contribution in [0.25, 0.3) is 0 Å². The summed E-state index contributed by atoms with van der Waals surface area (Å²) in [5, 5.41) is 0. The number of nitrogens with zero attached hydrogens (tertiary/aromatic N) is 2. The van der Waals surface area contributed by atoms with E-state index in [1.54, 1.807) is 0 Å². The highest BCUT2D eigenvalue weighted by Gasteiger charge is 2.29. The number of hydrogen-bond acceptors (Lipinski definition) is 3. The van der Waals surface area contributed by atoms with Crippen LogP contribution in [0.1, 0.15) is 51.9 Å². The maximum atomic E-state index is 12.7. The van der Waals surface area contributed by atoms with E-state index in [0.29, 0.717) is 11.8 Å². The molecule has 2 heterocycles. The van der Waals surface area contributed by atoms with Gasteiger partial charge in [0.25, 0.3) is 0 Å². The number of hydrogen-bond donors (Lipinski definition) is 1. The smallest absolute Gasteiger partial charge is 0.239 e. The number of carbonyl (C=O) groups excluding carboxylic acids is 1. The molecule has 5 heteroatoms. The van der Waals surface area contributed by atoms with Crippen molar-refractivity contribution in [3.63, 3.8) is 0 Å². The molecule has 2 aliphatic heterocycles. The fourth-order valence-corrected chi connectivity index (χ4v) is 3.63. The van der Waals surface area contributed by atoms with Crippen molar-refractivity contribution in [2.24, 2.45) is 11.7 Å². The highest BCUT2D eigenvalue weighted by molar-refractivity contribution is 5.85. The van der Waals surface area contributed by atoms with Crippen LogP contribution in [-0.2, 0) is 4.79 Å². The van der Waals surface area contributed by atoms with E-state index in [1.165, 1.54) is 38.5 Å². The molecule has 0 aliphatic carbocycles. The van der Waals surface area contributed by atoms with Gasteiger partial charge in [0, 0.05) is 19.6 Å². The Morgan fingerprint density at radius 2 is 1.81 bits per heavy atom. The number of halogens is 1. The van der Waals surface area contributed by atoms with Crippen LogP contribution in [0.2, 0.25) is 0 Å². The van der Waals surface area contributed by atoms with Gasteiger partial charge in [0.15, 0.2) is 0 Å². The summed E-state index contributed by atoms with van der Waals surface area (Å²) in [6.45, 7) is 6.91. The molecule has 4 nitrogen and oxygen atoms in total. The molecule has 2 fully saturated rings. The molecule has 1 amide bonds. The van der Waals surface area contributed by atoms with Gasteiger partial charge >= 0.3 is 0 Å². The molecule has 0 bridgehead atoms. The van der Waals surface area contributed by atoms with Crippen molar-refractivity contribution in [2.75, 3.05) is 32.7 Å². The Morgan fingerprint density at radius 3 is 2.43 bits per heavy atom. The number of likely N-dealkylation sites (tertiary alicyclic amines) is 2. The van der Waals surface area contributed by atoms with Crippen LogP contribution < -0.4 is 5.73 Å². The number of piperidine rings is 1. The molecule has 0 aromatic carbocycles. The van der Waals surface area contributed by atoms with Crippen LogP contribution in [-0.4, -0.2) is 54.5 Å². The molecular weight excluding hydrogens is 286 g/mol. The van der Waals surface area contributed by atoms with Gasteiger partial charge in [0.2, 0.25) is 5.91 Å². The lowest BCUT2D eigenvalue weighted by Gasteiger charge is -2.38. The quantitative estimate of drug-likeness (QED) is 0.865. The van der Waals surface area contributed by atoms with Crippen molar-refractivity contribution >= 4 is 18.3 Å². The van der Waals surface area contributed by atoms with Gasteiger partial charge < -0.3 is 10.6 Å². The van der Waals surface area contributed by atoms with Crippen molar-refractivity contribution < 1.29 is 4.79 Å². The third-order valence-corrected chi connectivity index (χ3v) is 4.95. The van der Waals surface area contributed by atoms with Crippen LogP contribution in [0.3, 0.4) is 0 Å². The molecule has 0 aromatic rings. The minimum atomic E-state index is 0. The minimum absolute atomic E-state index is 0. The Kier molecular flexibility index (Phi) is 8.60. The normalized spacial score (nSPS) is 25.8. The van der Waals surface area contributed by atoms with Crippen molar-refractivity contribution in [1.29, 1.82) is 0 Å². The van der Waals surface area contributed by atoms with Crippen molar-refractivity contribution in [3.8, 4) is 0 Å². The minimum Gasteiger partial charge on any atom is -0.341 e. The maximum absolute atomic E-state index is 12.7. The Balaban J connectivity index is 0.00000220. The fraction of sp³-hybridized carbons (Fsp3) is 0.938. The van der Waals surface area contributed by atoms with Crippen molar-refractivity contribution in [3.05, 3.63) is 0 Å². The Hall–Kier alpha value is -0.320. The van der Waals surface area contributed by atoms with Crippen LogP contribution in [0, 0.1) is 5.92 Å². The summed E-state index contributed by atoms with van der Waals surface area (Å²) in [5.74, 6) is 1.04. The van der Waals surface area contributed by atoms with E-state index in [-0.39, 0.29) is 18.4 Å². The fourth-order valence-electron chi connectivity index (χ4n) is 3.63. The van der Waals surface area contributed by atoms with Crippen LogP contribution in [0.5, 0.6) is 0 Å². The van der Waals surface area contributed by atoms with Gasteiger partial charge in [-0.1, -0.05) is 12.8 Å². The summed E-state index contributed by atoms with van der Waals surface area (Å²) in [6, 6.07) is 0.0497. The molecule has 21 heavy (non-hydrogen) atoms. The van der Waals surface area contributed by atoms with Gasteiger partial charge in [0.05, 0.1) is 6.04 Å². The largest absolute Gasteiger partial charge is 0.341 e. The summed E-state index contributed by atoms with van der Waals surface area (Å²) >= 11 is 0. The lowest BCUT2D eigenvalue weighted by molar-refractivity contribution is -0.137. The van der Waals surface area contributed by atoms with Crippen molar-refractivity contribution in [2.45, 2.75) is 57.9 Å². The SMILES string of the molecule is CC(C(=O)N1CCCCCC1)N1CCCC(CCN)C1.Cl. The average Bonchev–Trinajstić information content (AvgIpc) is 2.75. The second-order valence-corrected chi connectivity index (χ2v) is 6.50. The molecule has 2 saturated heterocycles. The van der Waals surface area contributed by atoms with E-state index < -0.39 is 0 Å². The number of carbonyl (C=O) groups is 1. The first-order chi connectivity index (χ1) is 9.72. The molecule has 0 spiro atoms. The maximum Gasteiger partial charge on any atom is 0.239 e. The van der Waals surface area contributed by atoms with E-state index >= 15 is 0 Å². The monoisotopic (exact) mass is 317 g/mol. The molecule has 0 saturated carbocycles. The third kappa shape index (κ3) is 5.42. The topological polar surface area (TPSA) is 49.6 Å². The van der Waals surface area contributed by atoms with Crippen LogP contribution in [0.4, 0.5) is 0 Å². The Bertz CT molecular complexity index is 304. The Morgan fingerprint density at radius 1 is 1.14 bits per heavy atom. The van der Waals surface area contributed by atoms with Crippen LogP contribution >= 0.6 is 12.4 Å². The average molecular weight is 318 g/mol. The van der Waals surface area contributed by atoms with Crippen molar-refractivity contribution in [1.82, 2.24) is 9.80 Å². The van der Waals surface area contributed by atoms with Gasteiger partial charge in [-0.05, 0) is 58.0 Å². The van der Waals surface area contributed by atoms with E-state index in [9.17, 15) is 4.79 Å². The summed E-state index contributed by atoms with van der Waals surface area (Å²) in [6.07, 6.45) is 8.49. The van der Waals surface area contributed by atoms with E-state index in [1.807, 2.05) is 0 Å². The van der Waals surface area contributed by atoms with Gasteiger partial charge in [-0.25, -0.2) is 0 Å². The molecule has 0 aromatic heterocycles. The summed E-state index contributed by atoms with van der Waals surface area (Å²) in [4.78, 5) is 17.2. The molecule has 0 radical (unpaired) electrons. The molecule has 2 N–H and O–H groups in total. The standard InChI is InChI=1S/C16H31N3O.ClH/c1-14(16(20)18-10-4-2-3-5-11-18)19-12-6-7-15(13-19)8-9-17;/h14-15H,2-13,17H2,1H3;1H. The summed E-state index contributed by atoms with van der Waals surface area (Å²) < 4.78 is 0.